The van der Waals surface area contributed by atoms with Crippen molar-refractivity contribution >= 4 is 22.7 Å². The molecule has 2 N–H and O–H groups in total. The van der Waals surface area contributed by atoms with Crippen LogP contribution < -0.4 is 20.1 Å². The SMILES string of the molecule is Cn1c(COc2cnc3cc(N4CCOCC4)nc(OC4CCC(N)CC4)c3c2)cnc1N=O. The number of aromatic nitrogens is 4. The molecule has 2 fully saturated rings. The topological polar surface area (TPSA) is 130 Å². The highest BCUT2D eigenvalue weighted by Crippen LogP contribution is 2.33. The third kappa shape index (κ3) is 4.80. The van der Waals surface area contributed by atoms with E-state index < -0.39 is 0 Å². The molecule has 11 nitrogen and oxygen atoms in total. The molecule has 1 aliphatic carbocycles. The maximum absolute atomic E-state index is 10.8. The van der Waals surface area contributed by atoms with Crippen LogP contribution in [0.4, 0.5) is 11.8 Å². The summed E-state index contributed by atoms with van der Waals surface area (Å²) in [6.45, 7) is 3.12. The van der Waals surface area contributed by atoms with Gasteiger partial charge in [-0.05, 0) is 31.7 Å². The molecule has 1 aliphatic heterocycles. The maximum atomic E-state index is 10.8. The minimum atomic E-state index is 0.0729. The molecule has 11 heteroatoms. The zero-order valence-electron chi connectivity index (χ0n) is 19.2. The number of ether oxygens (including phenoxy) is 3. The summed E-state index contributed by atoms with van der Waals surface area (Å²) >= 11 is 0. The second-order valence-corrected chi connectivity index (χ2v) is 8.77. The predicted octanol–water partition coefficient (Wildman–Crippen LogP) is 2.83. The summed E-state index contributed by atoms with van der Waals surface area (Å²) in [5.74, 6) is 2.08. The fourth-order valence-corrected chi connectivity index (χ4v) is 4.36. The van der Waals surface area contributed by atoms with Crippen LogP contribution in [-0.2, 0) is 18.4 Å². The van der Waals surface area contributed by atoms with Crippen LogP contribution in [0.25, 0.3) is 10.9 Å². The number of rotatable bonds is 7. The van der Waals surface area contributed by atoms with Gasteiger partial charge in [0.15, 0.2) is 0 Å². The standard InChI is InChI=1S/C23H29N7O4/c1-29-16(12-26-23(29)28-31)14-33-18-10-19-20(25-13-18)11-21(30-6-8-32-9-7-30)27-22(19)34-17-4-2-15(24)3-5-17/h10-13,15,17H,2-9,14,24H2,1H3. The van der Waals surface area contributed by atoms with Gasteiger partial charge in [0.25, 0.3) is 5.95 Å². The van der Waals surface area contributed by atoms with Crippen molar-refractivity contribution in [2.45, 2.75) is 44.4 Å². The zero-order chi connectivity index (χ0) is 23.5. The van der Waals surface area contributed by atoms with Gasteiger partial charge in [-0.2, -0.15) is 4.98 Å². The second-order valence-electron chi connectivity index (χ2n) is 8.77. The fraction of sp³-hybridized carbons (Fsp3) is 0.522. The van der Waals surface area contributed by atoms with Gasteiger partial charge in [-0.25, -0.2) is 4.98 Å². The third-order valence-electron chi connectivity index (χ3n) is 6.47. The molecule has 5 rings (SSSR count). The number of hydrogen-bond acceptors (Lipinski definition) is 10. The van der Waals surface area contributed by atoms with E-state index in [-0.39, 0.29) is 24.7 Å². The highest BCUT2D eigenvalue weighted by atomic mass is 16.5. The minimum Gasteiger partial charge on any atom is -0.486 e. The highest BCUT2D eigenvalue weighted by Gasteiger charge is 2.23. The van der Waals surface area contributed by atoms with Crippen LogP contribution in [0, 0.1) is 4.91 Å². The van der Waals surface area contributed by atoms with Gasteiger partial charge in [-0.3, -0.25) is 4.98 Å². The summed E-state index contributed by atoms with van der Waals surface area (Å²) in [4.78, 5) is 26.5. The maximum Gasteiger partial charge on any atom is 0.271 e. The van der Waals surface area contributed by atoms with Gasteiger partial charge in [0.2, 0.25) is 5.88 Å². The Labute approximate surface area is 197 Å². The van der Waals surface area contributed by atoms with Crippen molar-refractivity contribution in [2.24, 2.45) is 18.0 Å². The quantitative estimate of drug-likeness (QED) is 0.521. The van der Waals surface area contributed by atoms with Gasteiger partial charge in [-0.15, -0.1) is 4.91 Å². The monoisotopic (exact) mass is 467 g/mol. The Bertz CT molecular complexity index is 1150. The van der Waals surface area contributed by atoms with Gasteiger partial charge in [0, 0.05) is 37.4 Å². The average Bonchev–Trinajstić information content (AvgIpc) is 3.23. The van der Waals surface area contributed by atoms with Crippen LogP contribution in [0.5, 0.6) is 11.6 Å². The van der Waals surface area contributed by atoms with Gasteiger partial charge in [0.05, 0.1) is 42.2 Å². The first-order chi connectivity index (χ1) is 16.6. The van der Waals surface area contributed by atoms with Crippen LogP contribution >= 0.6 is 0 Å². The van der Waals surface area contributed by atoms with E-state index in [9.17, 15) is 4.91 Å². The summed E-state index contributed by atoms with van der Waals surface area (Å²) in [6, 6.07) is 4.13. The van der Waals surface area contributed by atoms with Crippen LogP contribution in [0.15, 0.2) is 29.7 Å². The minimum absolute atomic E-state index is 0.0729. The normalized spacial score (nSPS) is 20.9. The lowest BCUT2D eigenvalue weighted by molar-refractivity contribution is 0.122. The number of imidazole rings is 1. The smallest absolute Gasteiger partial charge is 0.271 e. The molecule has 0 aromatic carbocycles. The second kappa shape index (κ2) is 9.90. The van der Waals surface area contributed by atoms with E-state index in [0.717, 1.165) is 61.2 Å². The number of nitrogens with two attached hydrogens (primary N) is 1. The lowest BCUT2D eigenvalue weighted by Crippen LogP contribution is -2.37. The molecule has 180 valence electrons. The molecule has 0 unspecified atom stereocenters. The molecule has 0 bridgehead atoms. The summed E-state index contributed by atoms with van der Waals surface area (Å²) in [5.41, 5.74) is 7.60. The third-order valence-corrected chi connectivity index (χ3v) is 6.47. The summed E-state index contributed by atoms with van der Waals surface area (Å²) < 4.78 is 19.5. The molecule has 3 aromatic rings. The molecule has 0 spiro atoms. The van der Waals surface area contributed by atoms with Crippen molar-refractivity contribution < 1.29 is 14.2 Å². The molecule has 3 aromatic heterocycles. The van der Waals surface area contributed by atoms with Crippen molar-refractivity contribution in [3.05, 3.63) is 35.1 Å². The Hall–Kier alpha value is -3.31. The molecule has 0 amide bonds. The largest absolute Gasteiger partial charge is 0.486 e. The van der Waals surface area contributed by atoms with Gasteiger partial charge < -0.3 is 29.4 Å². The highest BCUT2D eigenvalue weighted by molar-refractivity contribution is 5.87. The number of nitrogens with zero attached hydrogens (tertiary/aromatic N) is 6. The van der Waals surface area contributed by atoms with E-state index in [1.54, 1.807) is 24.0 Å². The summed E-state index contributed by atoms with van der Waals surface area (Å²) in [6.07, 6.45) is 7.03. The lowest BCUT2D eigenvalue weighted by atomic mass is 9.94. The van der Waals surface area contributed by atoms with E-state index in [4.69, 9.17) is 24.9 Å². The van der Waals surface area contributed by atoms with E-state index in [1.165, 1.54) is 0 Å². The number of morpholine rings is 1. The van der Waals surface area contributed by atoms with Crippen molar-refractivity contribution in [3.63, 3.8) is 0 Å². The number of fused-ring (bicyclic) bond motifs is 1. The molecule has 0 radical (unpaired) electrons. The first-order valence-corrected chi connectivity index (χ1v) is 11.6. The van der Waals surface area contributed by atoms with Gasteiger partial charge >= 0.3 is 0 Å². The summed E-state index contributed by atoms with van der Waals surface area (Å²) in [5, 5.41) is 3.69. The number of anilines is 1. The van der Waals surface area contributed by atoms with Gasteiger partial charge in [0.1, 0.15) is 24.3 Å². The number of pyridine rings is 2. The number of hydrogen-bond donors (Lipinski definition) is 1. The zero-order valence-corrected chi connectivity index (χ0v) is 19.2. The molecule has 34 heavy (non-hydrogen) atoms. The van der Waals surface area contributed by atoms with Crippen LogP contribution in [0.1, 0.15) is 31.4 Å². The number of nitroso groups, excluding NO2 is 1. The summed E-state index contributed by atoms with van der Waals surface area (Å²) in [7, 11) is 1.72. The Morgan fingerprint density at radius 3 is 2.68 bits per heavy atom. The van der Waals surface area contributed by atoms with Crippen molar-refractivity contribution in [2.75, 3.05) is 31.2 Å². The van der Waals surface area contributed by atoms with E-state index in [2.05, 4.69) is 20.0 Å². The predicted molar refractivity (Wildman–Crippen MR) is 126 cm³/mol. The molecule has 4 heterocycles. The van der Waals surface area contributed by atoms with E-state index >= 15 is 0 Å². The fourth-order valence-electron chi connectivity index (χ4n) is 4.36. The Balaban J connectivity index is 1.43. The van der Waals surface area contributed by atoms with E-state index in [0.29, 0.717) is 24.8 Å². The molecular weight excluding hydrogens is 438 g/mol. The molecule has 1 saturated carbocycles. The van der Waals surface area contributed by atoms with Crippen LogP contribution in [0.3, 0.4) is 0 Å². The molecule has 2 aliphatic rings. The van der Waals surface area contributed by atoms with E-state index in [1.807, 2.05) is 12.1 Å². The van der Waals surface area contributed by atoms with Crippen molar-refractivity contribution in [1.29, 1.82) is 0 Å². The Kier molecular flexibility index (Phi) is 6.54. The first-order valence-electron chi connectivity index (χ1n) is 11.6. The van der Waals surface area contributed by atoms with Crippen LogP contribution in [0.2, 0.25) is 0 Å². The first kappa shape index (κ1) is 22.5. The molecule has 0 atom stereocenters. The molecular formula is C23H29N7O4. The van der Waals surface area contributed by atoms with Gasteiger partial charge in [-0.1, -0.05) is 0 Å². The van der Waals surface area contributed by atoms with Crippen molar-refractivity contribution in [3.8, 4) is 11.6 Å². The van der Waals surface area contributed by atoms with Crippen LogP contribution in [-0.4, -0.2) is 58.0 Å². The van der Waals surface area contributed by atoms with Crippen molar-refractivity contribution in [1.82, 2.24) is 19.5 Å². The Morgan fingerprint density at radius 2 is 1.94 bits per heavy atom. The average molecular weight is 468 g/mol. The molecule has 1 saturated heterocycles. The Morgan fingerprint density at radius 1 is 1.15 bits per heavy atom. The lowest BCUT2D eigenvalue weighted by Gasteiger charge is -2.30.